The lowest BCUT2D eigenvalue weighted by molar-refractivity contribution is 0.0695. The van der Waals surface area contributed by atoms with E-state index in [4.69, 9.17) is 5.26 Å². The number of hydrogen-bond acceptors (Lipinski definition) is 5. The summed E-state index contributed by atoms with van der Waals surface area (Å²) in [6, 6.07) is 3.74. The first-order chi connectivity index (χ1) is 14.3. The van der Waals surface area contributed by atoms with Gasteiger partial charge in [-0.2, -0.15) is 5.26 Å². The highest BCUT2D eigenvalue weighted by atomic mass is 19.1. The number of benzene rings is 1. The molecule has 1 aliphatic carbocycles. The van der Waals surface area contributed by atoms with Crippen molar-refractivity contribution in [3.8, 4) is 6.07 Å². The van der Waals surface area contributed by atoms with Crippen LogP contribution in [0.25, 0.3) is 10.9 Å². The van der Waals surface area contributed by atoms with Gasteiger partial charge in [0.05, 0.1) is 17.3 Å². The topological polar surface area (TPSA) is 89.6 Å². The lowest BCUT2D eigenvalue weighted by Gasteiger charge is -2.26. The van der Waals surface area contributed by atoms with Gasteiger partial charge < -0.3 is 19.5 Å². The van der Waals surface area contributed by atoms with Crippen molar-refractivity contribution in [2.45, 2.75) is 44.7 Å². The Kier molecular flexibility index (Phi) is 5.24. The molecule has 1 atom stereocenters. The Hall–Kier alpha value is -2.92. The minimum absolute atomic E-state index is 0.127. The van der Waals surface area contributed by atoms with Gasteiger partial charge in [0, 0.05) is 49.7 Å². The number of hydrogen-bond donors (Lipinski definition) is 1. The van der Waals surface area contributed by atoms with Crippen LogP contribution in [0.5, 0.6) is 0 Å². The molecule has 2 fully saturated rings. The predicted molar refractivity (Wildman–Crippen MR) is 112 cm³/mol. The predicted octanol–water partition coefficient (Wildman–Crippen LogP) is 2.91. The number of carbonyl (C=O) groups is 1. The molecule has 1 aromatic heterocycles. The summed E-state index contributed by atoms with van der Waals surface area (Å²) in [6.45, 7) is 3.82. The Morgan fingerprint density at radius 3 is 2.77 bits per heavy atom. The number of rotatable bonds is 6. The number of nitrogens with zero attached hydrogens (tertiary/aromatic N) is 4. The van der Waals surface area contributed by atoms with E-state index in [1.807, 2.05) is 23.4 Å². The molecule has 0 radical (unpaired) electrons. The summed E-state index contributed by atoms with van der Waals surface area (Å²) < 4.78 is 17.1. The SMILES string of the molecule is Cc1c(N2CCC(N(C)CCC#N)C2)c(F)cc2c(=O)c(C(=O)O)cn(C3CC3)c12. The maximum atomic E-state index is 15.2. The Labute approximate surface area is 173 Å². The standard InChI is InChI=1S/C22H25FN4O3/c1-13-19-16(21(28)17(22(29)30)12-27(19)14-4-5-14)10-18(23)20(13)26-9-6-15(11-26)25(2)8-3-7-24/h10,12,14-15H,3-6,8-9,11H2,1-2H3,(H,29,30). The molecule has 8 heteroatoms. The van der Waals surface area contributed by atoms with Gasteiger partial charge in [-0.15, -0.1) is 0 Å². The monoisotopic (exact) mass is 412 g/mol. The second-order valence-electron chi connectivity index (χ2n) is 8.32. The molecule has 158 valence electrons. The van der Waals surface area contributed by atoms with Crippen LogP contribution in [0.15, 0.2) is 17.1 Å². The number of aryl methyl sites for hydroxylation is 1. The molecule has 1 saturated heterocycles. The molecule has 2 aliphatic rings. The number of carboxylic acid groups (broad SMARTS) is 1. The van der Waals surface area contributed by atoms with Crippen LogP contribution in [0.2, 0.25) is 0 Å². The molecular weight excluding hydrogens is 387 g/mol. The van der Waals surface area contributed by atoms with E-state index in [-0.39, 0.29) is 23.0 Å². The lowest BCUT2D eigenvalue weighted by atomic mass is 10.0. The number of carboxylic acids is 1. The van der Waals surface area contributed by atoms with Crippen LogP contribution < -0.4 is 10.3 Å². The van der Waals surface area contributed by atoms with Gasteiger partial charge in [0.1, 0.15) is 11.4 Å². The van der Waals surface area contributed by atoms with E-state index in [9.17, 15) is 14.7 Å². The molecular formula is C22H25FN4O3. The van der Waals surface area contributed by atoms with E-state index in [1.54, 1.807) is 0 Å². The molecule has 1 N–H and O–H groups in total. The maximum Gasteiger partial charge on any atom is 0.341 e. The average Bonchev–Trinajstić information content (AvgIpc) is 3.44. The van der Waals surface area contributed by atoms with Crippen LogP contribution in [0.1, 0.15) is 47.6 Å². The third-order valence-corrected chi connectivity index (χ3v) is 6.33. The molecule has 0 spiro atoms. The van der Waals surface area contributed by atoms with Crippen molar-refractivity contribution < 1.29 is 14.3 Å². The Bertz CT molecular complexity index is 1120. The zero-order valence-electron chi connectivity index (χ0n) is 17.2. The summed E-state index contributed by atoms with van der Waals surface area (Å²) in [7, 11) is 1.98. The van der Waals surface area contributed by atoms with Crippen LogP contribution in [0, 0.1) is 24.1 Å². The highest BCUT2D eigenvalue weighted by Crippen LogP contribution is 2.40. The van der Waals surface area contributed by atoms with Crippen molar-refractivity contribution in [3.63, 3.8) is 0 Å². The Morgan fingerprint density at radius 2 is 2.13 bits per heavy atom. The van der Waals surface area contributed by atoms with Crippen molar-refractivity contribution >= 4 is 22.6 Å². The van der Waals surface area contributed by atoms with Gasteiger partial charge in [-0.25, -0.2) is 9.18 Å². The number of pyridine rings is 1. The average molecular weight is 412 g/mol. The van der Waals surface area contributed by atoms with Gasteiger partial charge in [0.25, 0.3) is 0 Å². The van der Waals surface area contributed by atoms with Crippen LogP contribution in [0.4, 0.5) is 10.1 Å². The summed E-state index contributed by atoms with van der Waals surface area (Å²) in [6.07, 6.45) is 4.57. The second-order valence-corrected chi connectivity index (χ2v) is 8.32. The molecule has 30 heavy (non-hydrogen) atoms. The molecule has 1 aliphatic heterocycles. The number of aromatic carboxylic acids is 1. The van der Waals surface area contributed by atoms with Crippen molar-refractivity contribution in [1.29, 1.82) is 5.26 Å². The van der Waals surface area contributed by atoms with E-state index in [0.29, 0.717) is 42.8 Å². The smallest absolute Gasteiger partial charge is 0.341 e. The van der Waals surface area contributed by atoms with Crippen molar-refractivity contribution in [2.75, 3.05) is 31.6 Å². The molecule has 0 amide bonds. The fourth-order valence-electron chi connectivity index (χ4n) is 4.56. The van der Waals surface area contributed by atoms with Crippen LogP contribution in [-0.4, -0.2) is 53.3 Å². The second kappa shape index (κ2) is 7.73. The quantitative estimate of drug-likeness (QED) is 0.785. The summed E-state index contributed by atoms with van der Waals surface area (Å²) in [5, 5.41) is 18.4. The first-order valence-corrected chi connectivity index (χ1v) is 10.3. The molecule has 1 unspecified atom stereocenters. The zero-order chi connectivity index (χ0) is 21.6. The summed E-state index contributed by atoms with van der Waals surface area (Å²) >= 11 is 0. The Balaban J connectivity index is 1.79. The summed E-state index contributed by atoms with van der Waals surface area (Å²) in [5.74, 6) is -1.79. The zero-order valence-corrected chi connectivity index (χ0v) is 17.2. The molecule has 2 heterocycles. The van der Waals surface area contributed by atoms with Crippen LogP contribution >= 0.6 is 0 Å². The number of nitriles is 1. The van der Waals surface area contributed by atoms with E-state index in [0.717, 1.165) is 19.3 Å². The highest BCUT2D eigenvalue weighted by Gasteiger charge is 2.32. The number of likely N-dealkylation sites (N-methyl/N-ethyl adjacent to an activating group) is 1. The molecule has 4 rings (SSSR count). The van der Waals surface area contributed by atoms with Gasteiger partial charge in [0.15, 0.2) is 0 Å². The van der Waals surface area contributed by atoms with Gasteiger partial charge >= 0.3 is 5.97 Å². The first kappa shape index (κ1) is 20.4. The molecule has 1 aromatic carbocycles. The lowest BCUT2D eigenvalue weighted by Crippen LogP contribution is -2.35. The van der Waals surface area contributed by atoms with Crippen LogP contribution in [-0.2, 0) is 0 Å². The van der Waals surface area contributed by atoms with Gasteiger partial charge in [-0.3, -0.25) is 4.79 Å². The molecule has 7 nitrogen and oxygen atoms in total. The maximum absolute atomic E-state index is 15.2. The number of fused-ring (bicyclic) bond motifs is 1. The van der Waals surface area contributed by atoms with Gasteiger partial charge in [-0.1, -0.05) is 0 Å². The minimum Gasteiger partial charge on any atom is -0.477 e. The van der Waals surface area contributed by atoms with E-state index in [1.165, 1.54) is 12.3 Å². The fourth-order valence-corrected chi connectivity index (χ4v) is 4.56. The summed E-state index contributed by atoms with van der Waals surface area (Å²) in [5.41, 5.74) is 0.826. The summed E-state index contributed by atoms with van der Waals surface area (Å²) in [4.78, 5) is 28.4. The first-order valence-electron chi connectivity index (χ1n) is 10.3. The molecule has 1 saturated carbocycles. The largest absolute Gasteiger partial charge is 0.477 e. The Morgan fingerprint density at radius 1 is 1.40 bits per heavy atom. The van der Waals surface area contributed by atoms with Gasteiger partial charge in [0.2, 0.25) is 5.43 Å². The third-order valence-electron chi connectivity index (χ3n) is 6.33. The van der Waals surface area contributed by atoms with Crippen molar-refractivity contribution in [3.05, 3.63) is 39.4 Å². The van der Waals surface area contributed by atoms with Crippen LogP contribution in [0.3, 0.4) is 0 Å². The fraction of sp³-hybridized carbons (Fsp3) is 0.500. The minimum atomic E-state index is -1.29. The van der Waals surface area contributed by atoms with E-state index < -0.39 is 17.2 Å². The number of aromatic nitrogens is 1. The number of anilines is 1. The van der Waals surface area contributed by atoms with E-state index >= 15 is 4.39 Å². The third kappa shape index (κ3) is 3.43. The van der Waals surface area contributed by atoms with Gasteiger partial charge in [-0.05, 0) is 44.9 Å². The normalized spacial score (nSPS) is 18.9. The van der Waals surface area contributed by atoms with Crippen molar-refractivity contribution in [2.24, 2.45) is 0 Å². The highest BCUT2D eigenvalue weighted by molar-refractivity contribution is 5.95. The van der Waals surface area contributed by atoms with E-state index in [2.05, 4.69) is 11.0 Å². The van der Waals surface area contributed by atoms with Crippen molar-refractivity contribution in [1.82, 2.24) is 9.47 Å². The molecule has 0 bridgehead atoms. The number of halogens is 1. The molecule has 2 aromatic rings.